The lowest BCUT2D eigenvalue weighted by molar-refractivity contribution is 0.344. The molecule has 0 saturated carbocycles. The van der Waals surface area contributed by atoms with E-state index >= 15 is 0 Å². The maximum atomic E-state index is 2.50. The van der Waals surface area contributed by atoms with Gasteiger partial charge in [0.05, 0.1) is 0 Å². The molecule has 0 nitrogen and oxygen atoms in total. The highest BCUT2D eigenvalue weighted by Gasteiger charge is 2.10. The summed E-state index contributed by atoms with van der Waals surface area (Å²) in [5, 5.41) is 0. The van der Waals surface area contributed by atoms with Gasteiger partial charge in [-0.25, -0.2) is 0 Å². The lowest BCUT2D eigenvalue weighted by atomic mass is 9.88. The second kappa shape index (κ2) is 17.8. The highest BCUT2D eigenvalue weighted by atomic mass is 14.2. The molecule has 0 bridgehead atoms. The van der Waals surface area contributed by atoms with Gasteiger partial charge in [-0.05, 0) is 48.3 Å². The van der Waals surface area contributed by atoms with E-state index in [0.717, 1.165) is 35.5 Å². The van der Waals surface area contributed by atoms with Crippen LogP contribution in [0, 0.1) is 35.5 Å². The Morgan fingerprint density at radius 2 is 0.786 bits per heavy atom. The van der Waals surface area contributed by atoms with Crippen LogP contribution in [0.1, 0.15) is 145 Å². The first-order chi connectivity index (χ1) is 13.3. The SMILES string of the molecule is CCC(C)CC(C)CCCCCC(C)CC(C)CCCCCCC(C)C(C)C. The molecule has 0 heteroatoms. The van der Waals surface area contributed by atoms with Gasteiger partial charge in [-0.15, -0.1) is 0 Å². The van der Waals surface area contributed by atoms with E-state index in [4.69, 9.17) is 0 Å². The molecule has 0 saturated heterocycles. The van der Waals surface area contributed by atoms with Crippen molar-refractivity contribution in [3.8, 4) is 0 Å². The van der Waals surface area contributed by atoms with E-state index in [0.29, 0.717) is 0 Å². The zero-order valence-corrected chi connectivity index (χ0v) is 21.4. The molecule has 0 fully saturated rings. The predicted octanol–water partition coefficient (Wildman–Crippen LogP) is 10.3. The molecule has 28 heavy (non-hydrogen) atoms. The first-order valence-electron chi connectivity index (χ1n) is 13.3. The van der Waals surface area contributed by atoms with Crippen molar-refractivity contribution < 1.29 is 0 Å². The number of hydrogen-bond donors (Lipinski definition) is 0. The Morgan fingerprint density at radius 1 is 0.429 bits per heavy atom. The lowest BCUT2D eigenvalue weighted by Gasteiger charge is -2.18. The van der Waals surface area contributed by atoms with Crippen LogP contribution in [0.2, 0.25) is 0 Å². The fraction of sp³-hybridized carbons (Fsp3) is 1.00. The highest BCUT2D eigenvalue weighted by molar-refractivity contribution is 4.63. The van der Waals surface area contributed by atoms with Crippen molar-refractivity contribution in [1.29, 1.82) is 0 Å². The highest BCUT2D eigenvalue weighted by Crippen LogP contribution is 2.25. The molecule has 0 radical (unpaired) electrons. The van der Waals surface area contributed by atoms with Gasteiger partial charge in [0.15, 0.2) is 0 Å². The zero-order valence-electron chi connectivity index (χ0n) is 21.4. The van der Waals surface area contributed by atoms with Crippen LogP contribution < -0.4 is 0 Å². The normalized spacial score (nSPS) is 17.5. The fourth-order valence-electron chi connectivity index (χ4n) is 4.70. The van der Waals surface area contributed by atoms with Crippen LogP contribution in [0.15, 0.2) is 0 Å². The van der Waals surface area contributed by atoms with Gasteiger partial charge in [0.25, 0.3) is 0 Å². The fourth-order valence-corrected chi connectivity index (χ4v) is 4.70. The molecule has 0 aliphatic carbocycles. The van der Waals surface area contributed by atoms with Crippen molar-refractivity contribution in [3.63, 3.8) is 0 Å². The summed E-state index contributed by atoms with van der Waals surface area (Å²) in [7, 11) is 0. The molecule has 0 aromatic heterocycles. The summed E-state index contributed by atoms with van der Waals surface area (Å²) in [6.07, 6.45) is 20.2. The summed E-state index contributed by atoms with van der Waals surface area (Å²) in [5.74, 6) is 5.47. The standard InChI is InChI=1S/C28H58/c1-9-24(4)21-25(5)18-14-12-15-19-27(7)22-26(6)17-13-10-11-16-20-28(8)23(2)3/h23-28H,9-22H2,1-8H3. The molecule has 0 heterocycles. The maximum absolute atomic E-state index is 2.50. The van der Waals surface area contributed by atoms with Crippen molar-refractivity contribution in [3.05, 3.63) is 0 Å². The van der Waals surface area contributed by atoms with Crippen LogP contribution in [-0.2, 0) is 0 Å². The quantitative estimate of drug-likeness (QED) is 0.191. The molecule has 0 rings (SSSR count). The topological polar surface area (TPSA) is 0 Å². The Hall–Kier alpha value is 0. The van der Waals surface area contributed by atoms with Gasteiger partial charge in [-0.1, -0.05) is 132 Å². The molecule has 5 unspecified atom stereocenters. The number of hydrogen-bond acceptors (Lipinski definition) is 0. The van der Waals surface area contributed by atoms with E-state index in [-0.39, 0.29) is 0 Å². The smallest absolute Gasteiger partial charge is 0.0420 e. The summed E-state index contributed by atoms with van der Waals surface area (Å²) < 4.78 is 0. The second-order valence-electron chi connectivity index (χ2n) is 11.2. The van der Waals surface area contributed by atoms with Crippen molar-refractivity contribution in [2.24, 2.45) is 35.5 Å². The Kier molecular flexibility index (Phi) is 17.8. The first kappa shape index (κ1) is 28.0. The van der Waals surface area contributed by atoms with E-state index in [1.165, 1.54) is 89.9 Å². The van der Waals surface area contributed by atoms with E-state index < -0.39 is 0 Å². The van der Waals surface area contributed by atoms with Gasteiger partial charge in [-0.3, -0.25) is 0 Å². The molecular formula is C28H58. The monoisotopic (exact) mass is 394 g/mol. The maximum Gasteiger partial charge on any atom is -0.0420 e. The van der Waals surface area contributed by atoms with E-state index in [1.807, 2.05) is 0 Å². The Bertz CT molecular complexity index is 318. The summed E-state index contributed by atoms with van der Waals surface area (Å²) in [6.45, 7) is 19.3. The van der Waals surface area contributed by atoms with E-state index in [1.54, 1.807) is 0 Å². The third kappa shape index (κ3) is 16.9. The van der Waals surface area contributed by atoms with Crippen LogP contribution in [0.25, 0.3) is 0 Å². The van der Waals surface area contributed by atoms with Crippen LogP contribution in [0.4, 0.5) is 0 Å². The van der Waals surface area contributed by atoms with E-state index in [2.05, 4.69) is 55.4 Å². The van der Waals surface area contributed by atoms with Crippen LogP contribution >= 0.6 is 0 Å². The molecule has 0 spiro atoms. The number of rotatable bonds is 19. The van der Waals surface area contributed by atoms with Gasteiger partial charge in [0.1, 0.15) is 0 Å². The summed E-state index contributed by atoms with van der Waals surface area (Å²) >= 11 is 0. The van der Waals surface area contributed by atoms with Gasteiger partial charge >= 0.3 is 0 Å². The molecular weight excluding hydrogens is 336 g/mol. The Morgan fingerprint density at radius 3 is 1.18 bits per heavy atom. The third-order valence-corrected chi connectivity index (χ3v) is 7.44. The summed E-state index contributed by atoms with van der Waals surface area (Å²) in [5.41, 5.74) is 0. The minimum Gasteiger partial charge on any atom is -0.0651 e. The molecule has 0 aliphatic heterocycles. The second-order valence-corrected chi connectivity index (χ2v) is 11.2. The van der Waals surface area contributed by atoms with Crippen molar-refractivity contribution >= 4 is 0 Å². The molecule has 0 amide bonds. The van der Waals surface area contributed by atoms with E-state index in [9.17, 15) is 0 Å². The summed E-state index contributed by atoms with van der Waals surface area (Å²) in [6, 6.07) is 0. The predicted molar refractivity (Wildman–Crippen MR) is 131 cm³/mol. The third-order valence-electron chi connectivity index (χ3n) is 7.44. The van der Waals surface area contributed by atoms with Gasteiger partial charge in [0, 0.05) is 0 Å². The number of unbranched alkanes of at least 4 members (excludes halogenated alkanes) is 5. The largest absolute Gasteiger partial charge is 0.0651 e. The zero-order chi connectivity index (χ0) is 21.4. The average molecular weight is 395 g/mol. The molecule has 0 N–H and O–H groups in total. The minimum atomic E-state index is 0.856. The van der Waals surface area contributed by atoms with Gasteiger partial charge in [0.2, 0.25) is 0 Å². The van der Waals surface area contributed by atoms with Gasteiger partial charge < -0.3 is 0 Å². The Balaban J connectivity index is 3.54. The van der Waals surface area contributed by atoms with Crippen LogP contribution in [0.5, 0.6) is 0 Å². The average Bonchev–Trinajstić information content (AvgIpc) is 2.63. The molecule has 0 aliphatic rings. The molecule has 170 valence electrons. The van der Waals surface area contributed by atoms with Crippen molar-refractivity contribution in [1.82, 2.24) is 0 Å². The van der Waals surface area contributed by atoms with Gasteiger partial charge in [-0.2, -0.15) is 0 Å². The minimum absolute atomic E-state index is 0.856. The molecule has 5 atom stereocenters. The summed E-state index contributed by atoms with van der Waals surface area (Å²) in [4.78, 5) is 0. The molecule has 0 aromatic rings. The molecule has 0 aromatic carbocycles. The van der Waals surface area contributed by atoms with Crippen LogP contribution in [-0.4, -0.2) is 0 Å². The van der Waals surface area contributed by atoms with Crippen LogP contribution in [0.3, 0.4) is 0 Å². The van der Waals surface area contributed by atoms with Crippen molar-refractivity contribution in [2.45, 2.75) is 145 Å². The Labute approximate surface area is 181 Å². The lowest BCUT2D eigenvalue weighted by Crippen LogP contribution is -2.05. The first-order valence-corrected chi connectivity index (χ1v) is 13.3. The van der Waals surface area contributed by atoms with Crippen molar-refractivity contribution in [2.75, 3.05) is 0 Å².